The molecule has 1 aliphatic rings. The monoisotopic (exact) mass is 224 g/mol. The van der Waals surface area contributed by atoms with Crippen LogP contribution in [0.25, 0.3) is 0 Å². The molecule has 0 atom stereocenters. The number of carboxylic acids is 1. The van der Waals surface area contributed by atoms with Crippen molar-refractivity contribution in [2.75, 3.05) is 6.54 Å². The van der Waals surface area contributed by atoms with Crippen molar-refractivity contribution in [2.45, 2.75) is 32.1 Å². The number of rotatable bonds is 7. The quantitative estimate of drug-likeness (QED) is 0.636. The Morgan fingerprint density at radius 2 is 2.19 bits per heavy atom. The lowest BCUT2D eigenvalue weighted by Crippen LogP contribution is -2.25. The van der Waals surface area contributed by atoms with Crippen LogP contribution in [0.4, 0.5) is 0 Å². The van der Waals surface area contributed by atoms with E-state index >= 15 is 0 Å². The number of carbonyl (C=O) groups is 2. The zero-order valence-electron chi connectivity index (χ0n) is 9.11. The van der Waals surface area contributed by atoms with Gasteiger partial charge >= 0.3 is 5.97 Å². The van der Waals surface area contributed by atoms with Gasteiger partial charge in [-0.1, -0.05) is 6.42 Å². The van der Waals surface area contributed by atoms with Crippen LogP contribution in [0, 0.1) is 0 Å². The highest BCUT2D eigenvalue weighted by molar-refractivity contribution is 5.97. The van der Waals surface area contributed by atoms with Crippen molar-refractivity contribution in [3.63, 3.8) is 0 Å². The van der Waals surface area contributed by atoms with Crippen LogP contribution in [0.3, 0.4) is 0 Å². The van der Waals surface area contributed by atoms with Gasteiger partial charge in [-0.25, -0.2) is 0 Å². The van der Waals surface area contributed by atoms with E-state index in [0.717, 1.165) is 12.8 Å². The Balaban J connectivity index is 1.99. The number of aliphatic imine (C=N–C) groups is 1. The van der Waals surface area contributed by atoms with E-state index in [2.05, 4.69) is 10.3 Å². The summed E-state index contributed by atoms with van der Waals surface area (Å²) >= 11 is 0. The molecule has 88 valence electrons. The molecule has 2 N–H and O–H groups in total. The third-order valence-electron chi connectivity index (χ3n) is 2.29. The molecule has 16 heavy (non-hydrogen) atoms. The molecule has 0 saturated carbocycles. The van der Waals surface area contributed by atoms with E-state index in [9.17, 15) is 9.59 Å². The molecule has 1 amide bonds. The summed E-state index contributed by atoms with van der Waals surface area (Å²) in [5.41, 5.74) is 0.686. The summed E-state index contributed by atoms with van der Waals surface area (Å²) in [5, 5.41) is 11.2. The average Bonchev–Trinajstić information content (AvgIpc) is 2.75. The molecule has 0 bridgehead atoms. The zero-order valence-corrected chi connectivity index (χ0v) is 9.11. The van der Waals surface area contributed by atoms with E-state index in [-0.39, 0.29) is 12.3 Å². The van der Waals surface area contributed by atoms with E-state index in [1.165, 1.54) is 0 Å². The predicted molar refractivity (Wildman–Crippen MR) is 60.3 cm³/mol. The summed E-state index contributed by atoms with van der Waals surface area (Å²) < 4.78 is 0. The molecular formula is C11H16N2O3. The minimum Gasteiger partial charge on any atom is -0.481 e. The highest BCUT2D eigenvalue weighted by Gasteiger charge is 2.09. The lowest BCUT2D eigenvalue weighted by atomic mass is 10.2. The summed E-state index contributed by atoms with van der Waals surface area (Å²) in [5.74, 6) is -0.840. The Bertz CT molecular complexity index is 321. The van der Waals surface area contributed by atoms with Gasteiger partial charge in [0.25, 0.3) is 0 Å². The summed E-state index contributed by atoms with van der Waals surface area (Å²) in [6.45, 7) is 0.593. The number of hydrogen-bond donors (Lipinski definition) is 2. The van der Waals surface area contributed by atoms with Crippen molar-refractivity contribution in [1.82, 2.24) is 5.32 Å². The van der Waals surface area contributed by atoms with E-state index < -0.39 is 5.97 Å². The van der Waals surface area contributed by atoms with Gasteiger partial charge in [-0.15, -0.1) is 0 Å². The van der Waals surface area contributed by atoms with Gasteiger partial charge < -0.3 is 10.4 Å². The van der Waals surface area contributed by atoms with E-state index in [0.29, 0.717) is 25.0 Å². The first kappa shape index (κ1) is 12.4. The molecule has 0 aromatic heterocycles. The summed E-state index contributed by atoms with van der Waals surface area (Å²) in [4.78, 5) is 25.5. The van der Waals surface area contributed by atoms with Gasteiger partial charge in [0.1, 0.15) is 0 Å². The van der Waals surface area contributed by atoms with Gasteiger partial charge in [-0.05, 0) is 12.8 Å². The van der Waals surface area contributed by atoms with Crippen LogP contribution < -0.4 is 5.32 Å². The van der Waals surface area contributed by atoms with Crippen molar-refractivity contribution in [2.24, 2.45) is 4.99 Å². The first-order valence-electron chi connectivity index (χ1n) is 5.41. The topological polar surface area (TPSA) is 78.8 Å². The maximum absolute atomic E-state index is 11.4. The number of aliphatic carboxylic acids is 1. The predicted octanol–water partition coefficient (Wildman–Crippen LogP) is 1.11. The van der Waals surface area contributed by atoms with Gasteiger partial charge in [0.15, 0.2) is 0 Å². The fourth-order valence-corrected chi connectivity index (χ4v) is 1.39. The maximum atomic E-state index is 11.4. The lowest BCUT2D eigenvalue weighted by Gasteiger charge is -2.04. The van der Waals surface area contributed by atoms with Gasteiger partial charge in [0.2, 0.25) is 5.91 Å². The van der Waals surface area contributed by atoms with Crippen LogP contribution in [0.5, 0.6) is 0 Å². The number of hydrogen-bond acceptors (Lipinski definition) is 3. The molecule has 0 aliphatic carbocycles. The summed E-state index contributed by atoms with van der Waals surface area (Å²) in [7, 11) is 0. The van der Waals surface area contributed by atoms with Gasteiger partial charge in [-0.2, -0.15) is 0 Å². The smallest absolute Gasteiger partial charge is 0.303 e. The Kier molecular flexibility index (Phi) is 5.25. The molecular weight excluding hydrogens is 208 g/mol. The van der Waals surface area contributed by atoms with Gasteiger partial charge in [0.05, 0.1) is 0 Å². The second-order valence-electron chi connectivity index (χ2n) is 3.65. The number of nitrogens with one attached hydrogen (secondary N) is 1. The van der Waals surface area contributed by atoms with Crippen LogP contribution >= 0.6 is 0 Å². The molecule has 5 heteroatoms. The van der Waals surface area contributed by atoms with Crippen LogP contribution in [-0.4, -0.2) is 29.7 Å². The zero-order chi connectivity index (χ0) is 11.8. The molecule has 0 fully saturated rings. The molecule has 5 nitrogen and oxygen atoms in total. The Labute approximate surface area is 94.3 Å². The molecule has 1 heterocycles. The van der Waals surface area contributed by atoms with Crippen molar-refractivity contribution in [1.29, 1.82) is 0 Å². The van der Waals surface area contributed by atoms with Crippen molar-refractivity contribution >= 4 is 18.1 Å². The summed E-state index contributed by atoms with van der Waals surface area (Å²) in [6.07, 6.45) is 6.37. The average molecular weight is 224 g/mol. The van der Waals surface area contributed by atoms with E-state index in [1.807, 2.05) is 0 Å². The third kappa shape index (κ3) is 4.72. The molecule has 0 radical (unpaired) electrons. The fraction of sp³-hybridized carbons (Fsp3) is 0.545. The normalized spacial score (nSPS) is 13.6. The molecule has 0 aromatic rings. The SMILES string of the molecule is O=C(O)CCCCCNC(=O)C1=CN=CC1. The first-order chi connectivity index (χ1) is 7.70. The molecule has 0 aromatic carbocycles. The molecule has 0 saturated heterocycles. The van der Waals surface area contributed by atoms with Gasteiger partial charge in [0, 0.05) is 37.4 Å². The Morgan fingerprint density at radius 1 is 1.38 bits per heavy atom. The number of carbonyl (C=O) groups excluding carboxylic acids is 1. The second kappa shape index (κ2) is 6.76. The van der Waals surface area contributed by atoms with Crippen molar-refractivity contribution < 1.29 is 14.7 Å². The van der Waals surface area contributed by atoms with Crippen molar-refractivity contribution in [3.05, 3.63) is 11.8 Å². The largest absolute Gasteiger partial charge is 0.481 e. The Morgan fingerprint density at radius 3 is 2.81 bits per heavy atom. The first-order valence-corrected chi connectivity index (χ1v) is 5.41. The highest BCUT2D eigenvalue weighted by atomic mass is 16.4. The van der Waals surface area contributed by atoms with Crippen LogP contribution in [0.15, 0.2) is 16.8 Å². The molecule has 1 aliphatic heterocycles. The fourth-order valence-electron chi connectivity index (χ4n) is 1.39. The number of unbranched alkanes of at least 4 members (excludes halogenated alkanes) is 2. The Hall–Kier alpha value is -1.65. The number of nitrogens with zero attached hydrogens (tertiary/aromatic N) is 1. The second-order valence-corrected chi connectivity index (χ2v) is 3.65. The van der Waals surface area contributed by atoms with Crippen LogP contribution in [0.1, 0.15) is 32.1 Å². The van der Waals surface area contributed by atoms with E-state index in [1.54, 1.807) is 12.4 Å². The minimum absolute atomic E-state index is 0.0734. The highest BCUT2D eigenvalue weighted by Crippen LogP contribution is 2.06. The number of carboxylic acid groups (broad SMARTS) is 1. The lowest BCUT2D eigenvalue weighted by molar-refractivity contribution is -0.137. The van der Waals surface area contributed by atoms with Crippen LogP contribution in [0.2, 0.25) is 0 Å². The number of amides is 1. The molecule has 0 spiro atoms. The maximum Gasteiger partial charge on any atom is 0.303 e. The third-order valence-corrected chi connectivity index (χ3v) is 2.29. The van der Waals surface area contributed by atoms with Crippen molar-refractivity contribution in [3.8, 4) is 0 Å². The van der Waals surface area contributed by atoms with Crippen LogP contribution in [-0.2, 0) is 9.59 Å². The molecule has 0 unspecified atom stereocenters. The molecule has 1 rings (SSSR count). The summed E-state index contributed by atoms with van der Waals surface area (Å²) in [6, 6.07) is 0. The standard InChI is InChI=1S/C11H16N2O3/c14-10(15)4-2-1-3-6-13-11(16)9-5-7-12-8-9/h7-8H,1-6H2,(H,13,16)(H,14,15). The van der Waals surface area contributed by atoms with Gasteiger partial charge in [-0.3, -0.25) is 14.6 Å². The van der Waals surface area contributed by atoms with E-state index in [4.69, 9.17) is 5.11 Å². The minimum atomic E-state index is -0.766.